The molecule has 2 N–H and O–H groups in total. The van der Waals surface area contributed by atoms with Crippen LogP contribution in [0.25, 0.3) is 0 Å². The fraction of sp³-hybridized carbons (Fsp3) is 0.615. The van der Waals surface area contributed by atoms with E-state index in [1.165, 1.54) is 0 Å². The molecule has 0 bridgehead atoms. The monoisotopic (exact) mass is 239 g/mol. The maximum absolute atomic E-state index is 11.8. The van der Waals surface area contributed by atoms with Crippen LogP contribution in [0, 0.1) is 13.8 Å². The Labute approximate surface area is 102 Å². The molecule has 0 atom stereocenters. The zero-order chi connectivity index (χ0) is 12.7. The number of aliphatic hydroxyl groups is 1. The highest BCUT2D eigenvalue weighted by Gasteiger charge is 2.12. The molecule has 1 aromatic heterocycles. The quantitative estimate of drug-likeness (QED) is 0.717. The largest absolute Gasteiger partial charge is 0.466 e. The lowest BCUT2D eigenvalue weighted by Gasteiger charge is -2.03. The first-order valence-corrected chi connectivity index (χ1v) is 6.11. The van der Waals surface area contributed by atoms with Crippen molar-refractivity contribution in [1.29, 1.82) is 0 Å². The van der Waals surface area contributed by atoms with Gasteiger partial charge in [0, 0.05) is 13.2 Å². The van der Waals surface area contributed by atoms with Crippen molar-refractivity contribution in [3.8, 4) is 0 Å². The van der Waals surface area contributed by atoms with E-state index in [1.807, 2.05) is 6.92 Å². The average Bonchev–Trinajstić information content (AvgIpc) is 2.62. The molecule has 0 aliphatic heterocycles. The summed E-state index contributed by atoms with van der Waals surface area (Å²) in [6, 6.07) is 1.76. The number of hydrogen-bond acceptors (Lipinski definition) is 3. The Morgan fingerprint density at radius 3 is 2.59 bits per heavy atom. The number of carbonyl (C=O) groups is 1. The number of hydrogen-bond donors (Lipinski definition) is 2. The molecule has 0 aromatic carbocycles. The predicted octanol–water partition coefficient (Wildman–Crippen LogP) is 2.18. The van der Waals surface area contributed by atoms with E-state index in [0.717, 1.165) is 31.4 Å². The molecular weight excluding hydrogens is 218 g/mol. The second-order valence-corrected chi connectivity index (χ2v) is 4.22. The van der Waals surface area contributed by atoms with Crippen LogP contribution in [-0.2, 0) is 0 Å². The first-order chi connectivity index (χ1) is 8.15. The zero-order valence-electron chi connectivity index (χ0n) is 10.6. The van der Waals surface area contributed by atoms with Crippen LogP contribution in [0.15, 0.2) is 10.5 Å². The molecule has 0 radical (unpaired) electrons. The Kier molecular flexibility index (Phi) is 5.77. The van der Waals surface area contributed by atoms with Gasteiger partial charge in [-0.3, -0.25) is 4.79 Å². The van der Waals surface area contributed by atoms with Gasteiger partial charge in [-0.1, -0.05) is 12.8 Å². The number of aryl methyl sites for hydroxylation is 2. The second-order valence-electron chi connectivity index (χ2n) is 4.22. The zero-order valence-corrected chi connectivity index (χ0v) is 10.6. The van der Waals surface area contributed by atoms with Gasteiger partial charge in [0.2, 0.25) is 0 Å². The van der Waals surface area contributed by atoms with E-state index in [9.17, 15) is 4.79 Å². The van der Waals surface area contributed by atoms with E-state index < -0.39 is 0 Å². The summed E-state index contributed by atoms with van der Waals surface area (Å²) >= 11 is 0. The van der Waals surface area contributed by atoms with Crippen molar-refractivity contribution in [2.45, 2.75) is 39.5 Å². The number of nitrogens with one attached hydrogen (secondary N) is 1. The van der Waals surface area contributed by atoms with Crippen molar-refractivity contribution in [3.05, 3.63) is 23.2 Å². The Morgan fingerprint density at radius 1 is 1.29 bits per heavy atom. The van der Waals surface area contributed by atoms with E-state index in [-0.39, 0.29) is 12.5 Å². The Morgan fingerprint density at radius 2 is 2.00 bits per heavy atom. The number of furan rings is 1. The van der Waals surface area contributed by atoms with Crippen LogP contribution in [0.1, 0.15) is 47.6 Å². The summed E-state index contributed by atoms with van der Waals surface area (Å²) in [5.74, 6) is 1.36. The van der Waals surface area contributed by atoms with E-state index in [0.29, 0.717) is 17.9 Å². The van der Waals surface area contributed by atoms with Crippen molar-refractivity contribution in [1.82, 2.24) is 5.32 Å². The molecule has 0 aliphatic rings. The molecule has 4 nitrogen and oxygen atoms in total. The summed E-state index contributed by atoms with van der Waals surface area (Å²) in [7, 11) is 0. The van der Waals surface area contributed by atoms with Crippen LogP contribution in [0.2, 0.25) is 0 Å². The number of amides is 1. The van der Waals surface area contributed by atoms with Crippen LogP contribution in [0.3, 0.4) is 0 Å². The Hall–Kier alpha value is -1.29. The molecule has 1 heterocycles. The van der Waals surface area contributed by atoms with Crippen molar-refractivity contribution >= 4 is 5.91 Å². The lowest BCUT2D eigenvalue weighted by atomic mass is 10.2. The maximum atomic E-state index is 11.8. The van der Waals surface area contributed by atoms with Crippen LogP contribution in [0.5, 0.6) is 0 Å². The second kappa shape index (κ2) is 7.12. The molecule has 4 heteroatoms. The average molecular weight is 239 g/mol. The molecule has 1 aromatic rings. The first-order valence-electron chi connectivity index (χ1n) is 6.11. The van der Waals surface area contributed by atoms with Gasteiger partial charge in [0.15, 0.2) is 0 Å². The summed E-state index contributed by atoms with van der Waals surface area (Å²) in [5.41, 5.74) is 0.623. The van der Waals surface area contributed by atoms with Gasteiger partial charge in [-0.2, -0.15) is 0 Å². The molecule has 1 rings (SSSR count). The highest BCUT2D eigenvalue weighted by molar-refractivity contribution is 5.95. The van der Waals surface area contributed by atoms with Crippen molar-refractivity contribution < 1.29 is 14.3 Å². The van der Waals surface area contributed by atoms with Gasteiger partial charge < -0.3 is 14.8 Å². The minimum Gasteiger partial charge on any atom is -0.466 e. The predicted molar refractivity (Wildman–Crippen MR) is 66.1 cm³/mol. The summed E-state index contributed by atoms with van der Waals surface area (Å²) in [6.45, 7) is 4.55. The topological polar surface area (TPSA) is 62.5 Å². The minimum absolute atomic E-state index is 0.0680. The van der Waals surface area contributed by atoms with Crippen LogP contribution < -0.4 is 5.32 Å². The lowest BCUT2D eigenvalue weighted by molar-refractivity contribution is 0.0951. The van der Waals surface area contributed by atoms with Gasteiger partial charge in [0.05, 0.1) is 5.56 Å². The van der Waals surface area contributed by atoms with E-state index in [2.05, 4.69) is 5.32 Å². The van der Waals surface area contributed by atoms with Crippen LogP contribution >= 0.6 is 0 Å². The van der Waals surface area contributed by atoms with Gasteiger partial charge in [-0.25, -0.2) is 0 Å². The highest BCUT2D eigenvalue weighted by Crippen LogP contribution is 2.13. The summed E-state index contributed by atoms with van der Waals surface area (Å²) in [5, 5.41) is 11.5. The molecular formula is C13H21NO3. The molecule has 0 saturated carbocycles. The van der Waals surface area contributed by atoms with Gasteiger partial charge in [0.25, 0.3) is 5.91 Å². The maximum Gasteiger partial charge on any atom is 0.254 e. The Bertz CT molecular complexity index is 358. The van der Waals surface area contributed by atoms with Crippen LogP contribution in [-0.4, -0.2) is 24.2 Å². The van der Waals surface area contributed by atoms with E-state index in [4.69, 9.17) is 9.52 Å². The van der Waals surface area contributed by atoms with Gasteiger partial charge in [-0.15, -0.1) is 0 Å². The number of aliphatic hydroxyl groups excluding tert-OH is 1. The summed E-state index contributed by atoms with van der Waals surface area (Å²) in [4.78, 5) is 11.8. The first kappa shape index (κ1) is 13.8. The molecule has 1 amide bonds. The van der Waals surface area contributed by atoms with Gasteiger partial charge in [-0.05, 0) is 32.8 Å². The van der Waals surface area contributed by atoms with Crippen molar-refractivity contribution in [3.63, 3.8) is 0 Å². The van der Waals surface area contributed by atoms with Gasteiger partial charge >= 0.3 is 0 Å². The van der Waals surface area contributed by atoms with E-state index in [1.54, 1.807) is 13.0 Å². The van der Waals surface area contributed by atoms with Crippen molar-refractivity contribution in [2.75, 3.05) is 13.2 Å². The fourth-order valence-corrected chi connectivity index (χ4v) is 1.74. The molecule has 17 heavy (non-hydrogen) atoms. The summed E-state index contributed by atoms with van der Waals surface area (Å²) in [6.07, 6.45) is 3.83. The minimum atomic E-state index is -0.0680. The normalized spacial score (nSPS) is 10.5. The third-order valence-electron chi connectivity index (χ3n) is 2.66. The molecule has 0 saturated heterocycles. The lowest BCUT2D eigenvalue weighted by Crippen LogP contribution is -2.24. The smallest absolute Gasteiger partial charge is 0.254 e. The number of unbranched alkanes of at least 4 members (excludes halogenated alkanes) is 3. The third-order valence-corrected chi connectivity index (χ3v) is 2.66. The number of carbonyl (C=O) groups excluding carboxylic acids is 1. The molecule has 0 unspecified atom stereocenters. The molecule has 0 fully saturated rings. The number of rotatable bonds is 7. The van der Waals surface area contributed by atoms with Crippen molar-refractivity contribution in [2.24, 2.45) is 0 Å². The van der Waals surface area contributed by atoms with Crippen LogP contribution in [0.4, 0.5) is 0 Å². The van der Waals surface area contributed by atoms with E-state index >= 15 is 0 Å². The highest BCUT2D eigenvalue weighted by atomic mass is 16.3. The summed E-state index contributed by atoms with van der Waals surface area (Å²) < 4.78 is 5.31. The van der Waals surface area contributed by atoms with Gasteiger partial charge in [0.1, 0.15) is 11.5 Å². The fourth-order valence-electron chi connectivity index (χ4n) is 1.74. The molecule has 96 valence electrons. The Balaban J connectivity index is 2.23. The standard InChI is InChI=1S/C13H21NO3/c1-10-9-12(11(2)17-10)13(16)14-7-5-3-4-6-8-15/h9,15H,3-8H2,1-2H3,(H,14,16). The SMILES string of the molecule is Cc1cc(C(=O)NCCCCCCO)c(C)o1. The molecule has 0 spiro atoms. The molecule has 0 aliphatic carbocycles. The third kappa shape index (κ3) is 4.61.